The van der Waals surface area contributed by atoms with Crippen LogP contribution in [-0.4, -0.2) is 78.7 Å². The Labute approximate surface area is 210 Å². The molecule has 0 radical (unpaired) electrons. The van der Waals surface area contributed by atoms with Gasteiger partial charge in [-0.3, -0.25) is 4.90 Å². The number of hydrogen-bond acceptors (Lipinski definition) is 7. The molecule has 1 aliphatic heterocycles. The molecule has 4 aliphatic rings. The molecule has 1 N–H and O–H groups in total. The highest BCUT2D eigenvalue weighted by atomic mass is 32.2. The van der Waals surface area contributed by atoms with Crippen molar-refractivity contribution >= 4 is 16.1 Å². The minimum atomic E-state index is -3.52. The van der Waals surface area contributed by atoms with Crippen molar-refractivity contribution in [2.45, 2.75) is 93.6 Å². The van der Waals surface area contributed by atoms with E-state index in [1.165, 1.54) is 17.3 Å². The average Bonchev–Trinajstić information content (AvgIpc) is 3.45. The van der Waals surface area contributed by atoms with Gasteiger partial charge in [0, 0.05) is 17.5 Å². The molecule has 4 fully saturated rings. The first-order chi connectivity index (χ1) is 17.0. The summed E-state index contributed by atoms with van der Waals surface area (Å²) in [6, 6.07) is -1.38. The molecule has 3 saturated carbocycles. The number of fused-ring (bicyclic) bond motifs is 1. The van der Waals surface area contributed by atoms with E-state index >= 15 is 0 Å². The van der Waals surface area contributed by atoms with Gasteiger partial charge in [0.05, 0.1) is 37.4 Å². The Morgan fingerprint density at radius 2 is 1.97 bits per heavy atom. The zero-order valence-corrected chi connectivity index (χ0v) is 21.5. The standard InChI is InChI=1S/C24H34F2N4O5S/c1-15-8-19(29-36(2,32)33)20(30(15)22(31)35-14-23(26)5-3-6-23)13-34-18-4-7-24(10-16(24)9-18)21-27-11-17(25)12-28-21/h11-12,15-16,18-20,29H,3-10,13-14H2,1-2H3/t15-,16-,18+,19+,20+,24-/m1/s1. The van der Waals surface area contributed by atoms with Gasteiger partial charge in [0.2, 0.25) is 10.0 Å². The van der Waals surface area contributed by atoms with Gasteiger partial charge in [-0.25, -0.2) is 36.7 Å². The number of carbonyl (C=O) groups excluding carboxylic acids is 1. The van der Waals surface area contributed by atoms with Crippen molar-refractivity contribution in [2.75, 3.05) is 19.5 Å². The molecule has 12 heteroatoms. The van der Waals surface area contributed by atoms with E-state index in [9.17, 15) is 22.0 Å². The lowest BCUT2D eigenvalue weighted by Crippen LogP contribution is -2.51. The topological polar surface area (TPSA) is 111 Å². The number of likely N-dealkylation sites (tertiary alicyclic amines) is 1. The fourth-order valence-corrected chi connectivity index (χ4v) is 7.04. The zero-order valence-electron chi connectivity index (χ0n) is 20.7. The lowest BCUT2D eigenvalue weighted by Gasteiger charge is -2.35. The number of amides is 1. The van der Waals surface area contributed by atoms with Gasteiger partial charge < -0.3 is 9.47 Å². The molecule has 1 aromatic rings. The maximum atomic E-state index is 14.4. The van der Waals surface area contributed by atoms with Gasteiger partial charge >= 0.3 is 6.09 Å². The fraction of sp³-hybridized carbons (Fsp3) is 0.792. The van der Waals surface area contributed by atoms with Gasteiger partial charge in [0.15, 0.2) is 5.82 Å². The van der Waals surface area contributed by atoms with Crippen LogP contribution in [0.4, 0.5) is 13.6 Å². The lowest BCUT2D eigenvalue weighted by atomic mass is 9.83. The predicted molar refractivity (Wildman–Crippen MR) is 126 cm³/mol. The second-order valence-corrected chi connectivity index (χ2v) is 12.9. The summed E-state index contributed by atoms with van der Waals surface area (Å²) in [4.78, 5) is 22.9. The first-order valence-electron chi connectivity index (χ1n) is 12.7. The summed E-state index contributed by atoms with van der Waals surface area (Å²) >= 11 is 0. The third-order valence-electron chi connectivity index (χ3n) is 8.43. The summed E-state index contributed by atoms with van der Waals surface area (Å²) in [5.41, 5.74) is -1.57. The summed E-state index contributed by atoms with van der Waals surface area (Å²) in [5, 5.41) is 0. The molecule has 200 valence electrons. The van der Waals surface area contributed by atoms with E-state index in [1.54, 1.807) is 0 Å². The third-order valence-corrected chi connectivity index (χ3v) is 9.16. The minimum absolute atomic E-state index is 0.0529. The molecule has 0 spiro atoms. The summed E-state index contributed by atoms with van der Waals surface area (Å²) < 4.78 is 65.9. The Bertz CT molecular complexity index is 1090. The number of sulfonamides is 1. The molecule has 3 aliphatic carbocycles. The van der Waals surface area contributed by atoms with Crippen LogP contribution in [0.5, 0.6) is 0 Å². The summed E-state index contributed by atoms with van der Waals surface area (Å²) in [5.74, 6) is 0.573. The number of hydrogen-bond donors (Lipinski definition) is 1. The van der Waals surface area contributed by atoms with E-state index < -0.39 is 39.7 Å². The van der Waals surface area contributed by atoms with E-state index in [2.05, 4.69) is 14.7 Å². The Kier molecular flexibility index (Phi) is 6.74. The van der Waals surface area contributed by atoms with E-state index in [0.717, 1.165) is 38.4 Å². The predicted octanol–water partition coefficient (Wildman–Crippen LogP) is 2.85. The number of halogens is 2. The Morgan fingerprint density at radius 3 is 2.58 bits per heavy atom. The van der Waals surface area contributed by atoms with E-state index in [4.69, 9.17) is 9.47 Å². The van der Waals surface area contributed by atoms with Gasteiger partial charge in [-0.05, 0) is 64.2 Å². The lowest BCUT2D eigenvalue weighted by molar-refractivity contribution is -0.0337. The minimum Gasteiger partial charge on any atom is -0.446 e. The molecular formula is C24H34F2N4O5S. The van der Waals surface area contributed by atoms with Gasteiger partial charge in [0.25, 0.3) is 0 Å². The van der Waals surface area contributed by atoms with Gasteiger partial charge in [-0.15, -0.1) is 0 Å². The van der Waals surface area contributed by atoms with Crippen molar-refractivity contribution in [2.24, 2.45) is 5.92 Å². The number of alkyl halides is 1. The Hall–Kier alpha value is -1.92. The van der Waals surface area contributed by atoms with Crippen molar-refractivity contribution in [1.29, 1.82) is 0 Å². The first-order valence-corrected chi connectivity index (χ1v) is 14.6. The maximum absolute atomic E-state index is 14.4. The van der Waals surface area contributed by atoms with Crippen molar-refractivity contribution in [3.8, 4) is 0 Å². The van der Waals surface area contributed by atoms with E-state index in [1.807, 2.05) is 6.92 Å². The molecule has 1 aromatic heterocycles. The second-order valence-electron chi connectivity index (χ2n) is 11.1. The highest BCUT2D eigenvalue weighted by molar-refractivity contribution is 7.88. The van der Waals surface area contributed by atoms with Crippen LogP contribution in [0.1, 0.15) is 64.1 Å². The van der Waals surface area contributed by atoms with Crippen LogP contribution < -0.4 is 4.72 Å². The molecule has 1 amide bonds. The molecule has 6 atom stereocenters. The molecule has 9 nitrogen and oxygen atoms in total. The summed E-state index contributed by atoms with van der Waals surface area (Å²) in [6.45, 7) is 1.68. The molecule has 1 saturated heterocycles. The molecule has 2 heterocycles. The number of ether oxygens (including phenoxy) is 2. The van der Waals surface area contributed by atoms with Crippen LogP contribution in [0.3, 0.4) is 0 Å². The van der Waals surface area contributed by atoms with Crippen LogP contribution in [0.25, 0.3) is 0 Å². The monoisotopic (exact) mass is 528 g/mol. The number of rotatable bonds is 8. The highest BCUT2D eigenvalue weighted by Crippen LogP contribution is 2.61. The van der Waals surface area contributed by atoms with Crippen LogP contribution in [0.2, 0.25) is 0 Å². The number of nitrogens with zero attached hydrogens (tertiary/aromatic N) is 3. The largest absolute Gasteiger partial charge is 0.446 e. The molecular weight excluding hydrogens is 494 g/mol. The van der Waals surface area contributed by atoms with E-state index in [-0.39, 0.29) is 30.8 Å². The van der Waals surface area contributed by atoms with Crippen molar-refractivity contribution in [3.05, 3.63) is 24.0 Å². The van der Waals surface area contributed by atoms with Gasteiger partial charge in [0.1, 0.15) is 18.1 Å². The van der Waals surface area contributed by atoms with Gasteiger partial charge in [-0.2, -0.15) is 0 Å². The molecule has 0 bridgehead atoms. The zero-order chi connectivity index (χ0) is 25.7. The molecule has 0 aromatic carbocycles. The average molecular weight is 529 g/mol. The summed E-state index contributed by atoms with van der Waals surface area (Å²) in [6.07, 6.45) is 8.07. The Morgan fingerprint density at radius 1 is 1.25 bits per heavy atom. The third kappa shape index (κ3) is 5.22. The van der Waals surface area contributed by atoms with Crippen molar-refractivity contribution < 1.29 is 31.5 Å². The second kappa shape index (κ2) is 9.43. The fourth-order valence-electron chi connectivity index (χ4n) is 6.23. The molecule has 36 heavy (non-hydrogen) atoms. The SMILES string of the molecule is C[C@@H]1C[C@H](NS(C)(=O)=O)[C@H](CO[C@H]2CC[C@@]3(c4ncc(F)cn4)C[C@H]3C2)N1C(=O)OCC1(F)CCC1. The smallest absolute Gasteiger partial charge is 0.410 e. The maximum Gasteiger partial charge on any atom is 0.410 e. The summed E-state index contributed by atoms with van der Waals surface area (Å²) in [7, 11) is -3.52. The van der Waals surface area contributed by atoms with E-state index in [0.29, 0.717) is 31.0 Å². The van der Waals surface area contributed by atoms with Gasteiger partial charge in [-0.1, -0.05) is 0 Å². The number of carbonyl (C=O) groups is 1. The first kappa shape index (κ1) is 25.7. The van der Waals surface area contributed by atoms with Crippen molar-refractivity contribution in [3.63, 3.8) is 0 Å². The quantitative estimate of drug-likeness (QED) is 0.552. The van der Waals surface area contributed by atoms with Crippen LogP contribution in [0.15, 0.2) is 12.4 Å². The molecule has 5 rings (SSSR count). The highest BCUT2D eigenvalue weighted by Gasteiger charge is 2.60. The van der Waals surface area contributed by atoms with Crippen LogP contribution >= 0.6 is 0 Å². The van der Waals surface area contributed by atoms with Crippen molar-refractivity contribution in [1.82, 2.24) is 19.6 Å². The molecule has 0 unspecified atom stereocenters. The Balaban J connectivity index is 1.22. The van der Waals surface area contributed by atoms with Crippen LogP contribution in [-0.2, 0) is 24.9 Å². The number of nitrogens with one attached hydrogen (secondary N) is 1. The number of aromatic nitrogens is 2. The normalized spacial score (nSPS) is 35.1. The van der Waals surface area contributed by atoms with Crippen LogP contribution in [0, 0.1) is 11.7 Å².